The maximum Gasteiger partial charge on any atom is 0.264 e. The number of rotatable bonds is 5. The van der Waals surface area contributed by atoms with E-state index in [1.54, 1.807) is 56.3 Å². The van der Waals surface area contributed by atoms with Crippen LogP contribution in [0, 0.1) is 6.92 Å². The lowest BCUT2D eigenvalue weighted by molar-refractivity contribution is -0.111. The second-order valence-electron chi connectivity index (χ2n) is 11.1. The molecule has 6 nitrogen and oxygen atoms in total. The van der Waals surface area contributed by atoms with Crippen molar-refractivity contribution in [3.05, 3.63) is 89.0 Å². The molecule has 0 spiro atoms. The highest BCUT2D eigenvalue weighted by Gasteiger charge is 2.42. The molecular weight excluding hydrogens is 474 g/mol. The van der Waals surface area contributed by atoms with E-state index >= 15 is 0 Å². The average molecular weight is 510 g/mol. The van der Waals surface area contributed by atoms with Gasteiger partial charge in [-0.2, -0.15) is 0 Å². The quantitative estimate of drug-likeness (QED) is 0.490. The zero-order chi connectivity index (χ0) is 26.5. The first kappa shape index (κ1) is 26.2. The maximum absolute atomic E-state index is 13.8. The SMILES string of the molecule is Cc1ccc(S(=O)(=O)N(Cc2ccc3c(c2)[C@H](O)[C@@H](O)C(C)(C)O3)c2ccc(C(C)(C)C)cc2)cc1. The molecule has 2 atom stereocenters. The van der Waals surface area contributed by atoms with Crippen molar-refractivity contribution in [2.75, 3.05) is 4.31 Å². The highest BCUT2D eigenvalue weighted by molar-refractivity contribution is 7.92. The van der Waals surface area contributed by atoms with Crippen LogP contribution in [0.15, 0.2) is 71.6 Å². The molecule has 0 amide bonds. The van der Waals surface area contributed by atoms with E-state index in [0.29, 0.717) is 22.6 Å². The Labute approximate surface area is 214 Å². The highest BCUT2D eigenvalue weighted by atomic mass is 32.2. The van der Waals surface area contributed by atoms with E-state index in [-0.39, 0.29) is 16.9 Å². The number of benzene rings is 3. The van der Waals surface area contributed by atoms with E-state index in [4.69, 9.17) is 4.74 Å². The summed E-state index contributed by atoms with van der Waals surface area (Å²) in [6.45, 7) is 11.7. The van der Waals surface area contributed by atoms with Crippen LogP contribution in [0.4, 0.5) is 5.69 Å². The van der Waals surface area contributed by atoms with Gasteiger partial charge in [0.1, 0.15) is 23.6 Å². The van der Waals surface area contributed by atoms with Gasteiger partial charge < -0.3 is 14.9 Å². The second-order valence-corrected chi connectivity index (χ2v) is 13.0. The first-order valence-corrected chi connectivity index (χ1v) is 13.5. The Morgan fingerprint density at radius 2 is 1.56 bits per heavy atom. The van der Waals surface area contributed by atoms with Crippen LogP contribution in [0.5, 0.6) is 5.75 Å². The molecule has 3 aromatic carbocycles. The van der Waals surface area contributed by atoms with Crippen LogP contribution < -0.4 is 9.04 Å². The van der Waals surface area contributed by atoms with Crippen molar-refractivity contribution in [1.82, 2.24) is 0 Å². The molecule has 0 aromatic heterocycles. The first-order valence-electron chi connectivity index (χ1n) is 12.1. The number of hydrogen-bond donors (Lipinski definition) is 2. The van der Waals surface area contributed by atoms with Crippen molar-refractivity contribution < 1.29 is 23.4 Å². The van der Waals surface area contributed by atoms with Crippen molar-refractivity contribution >= 4 is 15.7 Å². The van der Waals surface area contributed by atoms with E-state index in [1.165, 1.54) is 4.31 Å². The molecule has 4 rings (SSSR count). The van der Waals surface area contributed by atoms with Crippen LogP contribution in [0.2, 0.25) is 0 Å². The van der Waals surface area contributed by atoms with Gasteiger partial charge in [0.2, 0.25) is 0 Å². The smallest absolute Gasteiger partial charge is 0.264 e. The molecule has 7 heteroatoms. The number of sulfonamides is 1. The van der Waals surface area contributed by atoms with Gasteiger partial charge in [0, 0.05) is 5.56 Å². The van der Waals surface area contributed by atoms with Crippen LogP contribution in [0.25, 0.3) is 0 Å². The number of ether oxygens (including phenoxy) is 1. The van der Waals surface area contributed by atoms with Crippen molar-refractivity contribution in [3.8, 4) is 5.75 Å². The van der Waals surface area contributed by atoms with Crippen LogP contribution >= 0.6 is 0 Å². The fourth-order valence-corrected chi connectivity index (χ4v) is 5.81. The Balaban J connectivity index is 1.77. The molecular formula is C29H35NO5S. The largest absolute Gasteiger partial charge is 0.485 e. The molecule has 0 saturated carbocycles. The Morgan fingerprint density at radius 3 is 2.14 bits per heavy atom. The Kier molecular flexibility index (Phi) is 6.71. The van der Waals surface area contributed by atoms with E-state index in [1.807, 2.05) is 31.2 Å². The van der Waals surface area contributed by atoms with Gasteiger partial charge in [-0.05, 0) is 73.7 Å². The van der Waals surface area contributed by atoms with Crippen LogP contribution in [-0.4, -0.2) is 30.3 Å². The number of aryl methyl sites for hydroxylation is 1. The summed E-state index contributed by atoms with van der Waals surface area (Å²) >= 11 is 0. The van der Waals surface area contributed by atoms with Gasteiger partial charge in [0.15, 0.2) is 0 Å². The fourth-order valence-electron chi connectivity index (χ4n) is 4.36. The summed E-state index contributed by atoms with van der Waals surface area (Å²) in [5.41, 5.74) is 2.71. The number of fused-ring (bicyclic) bond motifs is 1. The highest BCUT2D eigenvalue weighted by Crippen LogP contribution is 2.40. The Morgan fingerprint density at radius 1 is 0.944 bits per heavy atom. The van der Waals surface area contributed by atoms with Gasteiger partial charge in [-0.25, -0.2) is 8.42 Å². The third kappa shape index (κ3) is 5.01. The lowest BCUT2D eigenvalue weighted by Gasteiger charge is -2.40. The van der Waals surface area contributed by atoms with Crippen molar-refractivity contribution in [2.24, 2.45) is 0 Å². The second kappa shape index (κ2) is 9.21. The molecule has 0 aliphatic carbocycles. The van der Waals surface area contributed by atoms with Crippen molar-refractivity contribution in [2.45, 2.75) is 76.2 Å². The average Bonchev–Trinajstić information content (AvgIpc) is 2.81. The number of anilines is 1. The molecule has 1 aliphatic rings. The minimum atomic E-state index is -3.89. The first-order chi connectivity index (χ1) is 16.7. The molecule has 0 radical (unpaired) electrons. The van der Waals surface area contributed by atoms with Gasteiger partial charge in [0.25, 0.3) is 10.0 Å². The molecule has 0 fully saturated rings. The number of aliphatic hydroxyl groups excluding tert-OH is 2. The number of aliphatic hydroxyl groups is 2. The molecule has 1 heterocycles. The molecule has 36 heavy (non-hydrogen) atoms. The monoisotopic (exact) mass is 509 g/mol. The fraction of sp³-hybridized carbons (Fsp3) is 0.379. The van der Waals surface area contributed by atoms with Gasteiger partial charge in [-0.1, -0.05) is 56.7 Å². The summed E-state index contributed by atoms with van der Waals surface area (Å²) in [6, 6.07) is 19.6. The Bertz CT molecular complexity index is 1340. The lowest BCUT2D eigenvalue weighted by Crippen LogP contribution is -2.48. The van der Waals surface area contributed by atoms with Gasteiger partial charge >= 0.3 is 0 Å². The lowest BCUT2D eigenvalue weighted by atomic mass is 9.87. The number of nitrogens with zero attached hydrogens (tertiary/aromatic N) is 1. The number of hydrogen-bond acceptors (Lipinski definition) is 5. The Hall–Kier alpha value is -2.87. The van der Waals surface area contributed by atoms with Gasteiger partial charge in [-0.3, -0.25) is 4.31 Å². The third-order valence-corrected chi connectivity index (χ3v) is 8.52. The molecule has 192 valence electrons. The van der Waals surface area contributed by atoms with Crippen LogP contribution in [-0.2, 0) is 22.0 Å². The van der Waals surface area contributed by atoms with Crippen molar-refractivity contribution in [1.29, 1.82) is 0 Å². The summed E-state index contributed by atoms with van der Waals surface area (Å²) in [5.74, 6) is 0.476. The molecule has 1 aliphatic heterocycles. The topological polar surface area (TPSA) is 87.1 Å². The minimum absolute atomic E-state index is 0.0462. The predicted molar refractivity (Wildman–Crippen MR) is 142 cm³/mol. The minimum Gasteiger partial charge on any atom is -0.485 e. The van der Waals surface area contributed by atoms with E-state index in [9.17, 15) is 18.6 Å². The molecule has 0 unspecified atom stereocenters. The summed E-state index contributed by atoms with van der Waals surface area (Å²) in [4.78, 5) is 0.200. The normalized spacial score (nSPS) is 19.3. The summed E-state index contributed by atoms with van der Waals surface area (Å²) in [7, 11) is -3.89. The standard InChI is InChI=1S/C29H35NO5S/c1-19-7-14-23(15-8-19)36(33,34)30(22-12-10-21(11-13-22)28(2,3)4)18-20-9-16-25-24(17-20)26(31)27(32)29(5,6)35-25/h7-17,26-27,31-32H,18H2,1-6H3/t26-,27+/m0/s1. The zero-order valence-electron chi connectivity index (χ0n) is 21.7. The third-order valence-electron chi connectivity index (χ3n) is 6.73. The van der Waals surface area contributed by atoms with Crippen molar-refractivity contribution in [3.63, 3.8) is 0 Å². The summed E-state index contributed by atoms with van der Waals surface area (Å²) in [6.07, 6.45) is -2.26. The maximum atomic E-state index is 13.8. The summed E-state index contributed by atoms with van der Waals surface area (Å²) in [5, 5.41) is 21.3. The molecule has 3 aromatic rings. The molecule has 2 N–H and O–H groups in total. The molecule has 0 saturated heterocycles. The van der Waals surface area contributed by atoms with Gasteiger partial charge in [-0.15, -0.1) is 0 Å². The summed E-state index contributed by atoms with van der Waals surface area (Å²) < 4.78 is 34.9. The van der Waals surface area contributed by atoms with Crippen LogP contribution in [0.3, 0.4) is 0 Å². The van der Waals surface area contributed by atoms with E-state index in [2.05, 4.69) is 20.8 Å². The van der Waals surface area contributed by atoms with E-state index in [0.717, 1.165) is 11.1 Å². The van der Waals surface area contributed by atoms with Crippen LogP contribution in [0.1, 0.15) is 63.0 Å². The molecule has 0 bridgehead atoms. The zero-order valence-corrected chi connectivity index (χ0v) is 22.5. The van der Waals surface area contributed by atoms with Gasteiger partial charge in [0.05, 0.1) is 17.1 Å². The van der Waals surface area contributed by atoms with E-state index < -0.39 is 27.8 Å². The predicted octanol–water partition coefficient (Wildman–Crippen LogP) is 5.25.